The van der Waals surface area contributed by atoms with Gasteiger partial charge in [-0.2, -0.15) is 13.9 Å². The normalized spacial score (nSPS) is 11.6. The second-order valence-electron chi connectivity index (χ2n) is 4.69. The summed E-state index contributed by atoms with van der Waals surface area (Å²) in [6, 6.07) is 5.53. The molecule has 0 atom stereocenters. The fourth-order valence-corrected chi connectivity index (χ4v) is 1.96. The van der Waals surface area contributed by atoms with Crippen molar-refractivity contribution in [2.45, 2.75) is 12.8 Å². The van der Waals surface area contributed by atoms with E-state index in [9.17, 15) is 13.6 Å². The average molecular weight is 303 g/mol. The van der Waals surface area contributed by atoms with Crippen molar-refractivity contribution in [1.82, 2.24) is 20.2 Å². The Bertz CT molecular complexity index is 832. The molecule has 3 heterocycles. The van der Waals surface area contributed by atoms with E-state index in [-0.39, 0.29) is 5.69 Å². The first-order valence-corrected chi connectivity index (χ1v) is 6.40. The van der Waals surface area contributed by atoms with Crippen LogP contribution in [0.4, 0.5) is 14.5 Å². The van der Waals surface area contributed by atoms with E-state index in [0.29, 0.717) is 11.0 Å². The maximum Gasteiger partial charge on any atom is 0.366 e. The molecular formula is C14H11F2N5O. The highest BCUT2D eigenvalue weighted by Crippen LogP contribution is 2.28. The summed E-state index contributed by atoms with van der Waals surface area (Å²) in [6.07, 6.45) is 2.48. The predicted molar refractivity (Wildman–Crippen MR) is 75.4 cm³/mol. The molecule has 0 spiro atoms. The molecule has 0 saturated carbocycles. The molecule has 0 aliphatic rings. The number of H-pyrrole nitrogens is 1. The molecule has 3 aromatic heterocycles. The summed E-state index contributed by atoms with van der Waals surface area (Å²) in [4.78, 5) is 19.4. The van der Waals surface area contributed by atoms with Crippen molar-refractivity contribution in [2.24, 2.45) is 0 Å². The molecule has 0 aliphatic carbocycles. The lowest BCUT2D eigenvalue weighted by atomic mass is 10.2. The SMILES string of the molecule is Cc1[nH]nc2ncc(NC(=O)C(F)(F)c3ccccn3)cc12. The number of nitrogens with one attached hydrogen (secondary N) is 2. The molecule has 3 aromatic rings. The summed E-state index contributed by atoms with van der Waals surface area (Å²) in [5, 5.41) is 9.47. The molecule has 0 unspecified atom stereocenters. The second-order valence-corrected chi connectivity index (χ2v) is 4.69. The lowest BCUT2D eigenvalue weighted by Gasteiger charge is -2.15. The molecule has 0 radical (unpaired) electrons. The quantitative estimate of drug-likeness (QED) is 0.778. The highest BCUT2D eigenvalue weighted by atomic mass is 19.3. The van der Waals surface area contributed by atoms with Crippen LogP contribution in [0.5, 0.6) is 0 Å². The summed E-state index contributed by atoms with van der Waals surface area (Å²) in [6.45, 7) is 1.77. The van der Waals surface area contributed by atoms with Gasteiger partial charge in [0.15, 0.2) is 5.65 Å². The van der Waals surface area contributed by atoms with E-state index >= 15 is 0 Å². The number of alkyl halides is 2. The van der Waals surface area contributed by atoms with Gasteiger partial charge >= 0.3 is 11.8 Å². The van der Waals surface area contributed by atoms with Crippen LogP contribution in [-0.2, 0) is 10.7 Å². The van der Waals surface area contributed by atoms with Gasteiger partial charge in [-0.1, -0.05) is 6.07 Å². The Labute approximate surface area is 123 Å². The first-order chi connectivity index (χ1) is 10.5. The smallest absolute Gasteiger partial charge is 0.319 e. The second kappa shape index (κ2) is 5.14. The fraction of sp³-hybridized carbons (Fsp3) is 0.143. The number of aryl methyl sites for hydroxylation is 1. The number of aromatic nitrogens is 4. The molecule has 8 heteroatoms. The predicted octanol–water partition coefficient (Wildman–Crippen LogP) is 2.39. The van der Waals surface area contributed by atoms with Crippen molar-refractivity contribution in [3.05, 3.63) is 48.0 Å². The van der Waals surface area contributed by atoms with E-state index in [1.54, 1.807) is 6.92 Å². The molecule has 1 amide bonds. The number of anilines is 1. The summed E-state index contributed by atoms with van der Waals surface area (Å²) in [5.74, 6) is -5.20. The lowest BCUT2D eigenvalue weighted by molar-refractivity contribution is -0.141. The van der Waals surface area contributed by atoms with Crippen molar-refractivity contribution in [3.63, 3.8) is 0 Å². The number of carbonyl (C=O) groups is 1. The molecule has 2 N–H and O–H groups in total. The maximum absolute atomic E-state index is 14.1. The Kier molecular flexibility index (Phi) is 3.28. The minimum absolute atomic E-state index is 0.164. The zero-order valence-corrected chi connectivity index (χ0v) is 11.5. The van der Waals surface area contributed by atoms with Gasteiger partial charge in [0.05, 0.1) is 11.9 Å². The summed E-state index contributed by atoms with van der Waals surface area (Å²) >= 11 is 0. The molecule has 6 nitrogen and oxygen atoms in total. The molecule has 0 bridgehead atoms. The Balaban J connectivity index is 1.87. The van der Waals surface area contributed by atoms with Crippen LogP contribution in [-0.4, -0.2) is 26.1 Å². The average Bonchev–Trinajstić information content (AvgIpc) is 2.89. The summed E-state index contributed by atoms with van der Waals surface area (Å²) < 4.78 is 28.1. The summed E-state index contributed by atoms with van der Waals surface area (Å²) in [7, 11) is 0. The number of hydrogen-bond acceptors (Lipinski definition) is 4. The van der Waals surface area contributed by atoms with Crippen molar-refractivity contribution in [1.29, 1.82) is 0 Å². The van der Waals surface area contributed by atoms with Gasteiger partial charge in [-0.3, -0.25) is 14.9 Å². The Morgan fingerprint density at radius 1 is 1.32 bits per heavy atom. The van der Waals surface area contributed by atoms with Crippen LogP contribution < -0.4 is 5.32 Å². The highest BCUT2D eigenvalue weighted by Gasteiger charge is 2.42. The van der Waals surface area contributed by atoms with Gasteiger partial charge in [-0.15, -0.1) is 0 Å². The van der Waals surface area contributed by atoms with E-state index in [0.717, 1.165) is 11.8 Å². The van der Waals surface area contributed by atoms with Crippen LogP contribution in [0.15, 0.2) is 36.7 Å². The Morgan fingerprint density at radius 3 is 2.86 bits per heavy atom. The van der Waals surface area contributed by atoms with Gasteiger partial charge in [0.25, 0.3) is 0 Å². The van der Waals surface area contributed by atoms with Gasteiger partial charge in [0.1, 0.15) is 5.69 Å². The number of halogens is 2. The topological polar surface area (TPSA) is 83.6 Å². The van der Waals surface area contributed by atoms with Crippen LogP contribution in [0.2, 0.25) is 0 Å². The van der Waals surface area contributed by atoms with Crippen LogP contribution >= 0.6 is 0 Å². The number of rotatable bonds is 3. The number of hydrogen-bond donors (Lipinski definition) is 2. The van der Waals surface area contributed by atoms with Crippen LogP contribution in [0.1, 0.15) is 11.4 Å². The number of nitrogens with zero attached hydrogens (tertiary/aromatic N) is 3. The summed E-state index contributed by atoms with van der Waals surface area (Å²) in [5.41, 5.74) is 0.737. The third kappa shape index (κ3) is 2.39. The largest absolute Gasteiger partial charge is 0.366 e. The van der Waals surface area contributed by atoms with Gasteiger partial charge in [0.2, 0.25) is 0 Å². The van der Waals surface area contributed by atoms with Gasteiger partial charge in [-0.25, -0.2) is 4.98 Å². The van der Waals surface area contributed by atoms with E-state index in [4.69, 9.17) is 0 Å². The number of aromatic amines is 1. The minimum atomic E-state index is -3.73. The Morgan fingerprint density at radius 2 is 2.14 bits per heavy atom. The number of carbonyl (C=O) groups excluding carboxylic acids is 1. The molecule has 112 valence electrons. The molecule has 3 rings (SSSR count). The lowest BCUT2D eigenvalue weighted by Crippen LogP contribution is -2.33. The minimum Gasteiger partial charge on any atom is -0.319 e. The molecular weight excluding hydrogens is 292 g/mol. The molecule has 0 aliphatic heterocycles. The first-order valence-electron chi connectivity index (χ1n) is 6.40. The van der Waals surface area contributed by atoms with Crippen LogP contribution in [0, 0.1) is 6.92 Å². The molecule has 0 aromatic carbocycles. The van der Waals surface area contributed by atoms with Gasteiger partial charge < -0.3 is 5.32 Å². The van der Waals surface area contributed by atoms with E-state index in [1.807, 2.05) is 0 Å². The van der Waals surface area contributed by atoms with E-state index < -0.39 is 17.5 Å². The fourth-order valence-electron chi connectivity index (χ4n) is 1.96. The van der Waals surface area contributed by atoms with Crippen molar-refractivity contribution in [2.75, 3.05) is 5.32 Å². The van der Waals surface area contributed by atoms with Crippen LogP contribution in [0.3, 0.4) is 0 Å². The van der Waals surface area contributed by atoms with Crippen molar-refractivity contribution in [3.8, 4) is 0 Å². The first kappa shape index (κ1) is 14.1. The molecule has 22 heavy (non-hydrogen) atoms. The highest BCUT2D eigenvalue weighted by molar-refractivity contribution is 5.97. The third-order valence-corrected chi connectivity index (χ3v) is 3.13. The number of fused-ring (bicyclic) bond motifs is 1. The van der Waals surface area contributed by atoms with Crippen molar-refractivity contribution >= 4 is 22.6 Å². The zero-order chi connectivity index (χ0) is 15.7. The van der Waals surface area contributed by atoms with E-state index in [1.165, 1.54) is 30.6 Å². The standard InChI is InChI=1S/C14H11F2N5O/c1-8-10-6-9(7-18-12(10)21-20-8)19-13(22)14(15,16)11-4-2-3-5-17-11/h2-7H,1H3,(H,19,22)(H,18,20,21). The monoisotopic (exact) mass is 303 g/mol. The number of pyridine rings is 2. The van der Waals surface area contributed by atoms with Gasteiger partial charge in [0, 0.05) is 17.3 Å². The van der Waals surface area contributed by atoms with Gasteiger partial charge in [-0.05, 0) is 25.1 Å². The van der Waals surface area contributed by atoms with E-state index in [2.05, 4.69) is 25.5 Å². The van der Waals surface area contributed by atoms with Crippen molar-refractivity contribution < 1.29 is 13.6 Å². The Hall–Kier alpha value is -2.90. The molecule has 0 saturated heterocycles. The van der Waals surface area contributed by atoms with Crippen LogP contribution in [0.25, 0.3) is 11.0 Å². The zero-order valence-electron chi connectivity index (χ0n) is 11.5. The number of amides is 1. The third-order valence-electron chi connectivity index (χ3n) is 3.13. The molecule has 0 fully saturated rings. The maximum atomic E-state index is 14.1.